The minimum Gasteiger partial charge on any atom is -0.462 e. The van der Waals surface area contributed by atoms with Gasteiger partial charge >= 0.3 is 19.8 Å². The van der Waals surface area contributed by atoms with Crippen molar-refractivity contribution in [2.75, 3.05) is 13.2 Å². The largest absolute Gasteiger partial charge is 0.469 e. The number of phosphoric acid groups is 1. The first-order valence-electron chi connectivity index (χ1n) is 19.1. The van der Waals surface area contributed by atoms with Gasteiger partial charge in [-0.3, -0.25) is 14.1 Å². The number of rotatable bonds is 33. The van der Waals surface area contributed by atoms with Crippen LogP contribution >= 0.6 is 7.82 Å². The Morgan fingerprint density at radius 3 is 1.81 bits per heavy atom. The fourth-order valence-electron chi connectivity index (χ4n) is 4.72. The summed E-state index contributed by atoms with van der Waals surface area (Å²) in [7, 11) is -4.82. The molecule has 11 heteroatoms. The van der Waals surface area contributed by atoms with E-state index in [2.05, 4.69) is 54.8 Å². The van der Waals surface area contributed by atoms with Crippen molar-refractivity contribution in [3.05, 3.63) is 85.1 Å². The van der Waals surface area contributed by atoms with Crippen LogP contribution < -0.4 is 0 Å². The fourth-order valence-corrected chi connectivity index (χ4v) is 5.08. The maximum atomic E-state index is 12.4. The Morgan fingerprint density at radius 1 is 0.615 bits per heavy atom. The van der Waals surface area contributed by atoms with E-state index in [1.54, 1.807) is 18.2 Å². The minimum atomic E-state index is -4.82. The zero-order valence-corrected chi connectivity index (χ0v) is 32.5. The molecule has 0 spiro atoms. The molecule has 0 fully saturated rings. The average Bonchev–Trinajstić information content (AvgIpc) is 3.10. The van der Waals surface area contributed by atoms with E-state index in [9.17, 15) is 24.4 Å². The Morgan fingerprint density at radius 2 is 1.17 bits per heavy atom. The van der Waals surface area contributed by atoms with Crippen molar-refractivity contribution in [2.45, 2.75) is 148 Å². The Hall–Kier alpha value is -2.85. The summed E-state index contributed by atoms with van der Waals surface area (Å²) in [6, 6.07) is 0. The molecule has 0 aromatic carbocycles. The first kappa shape index (κ1) is 49.1. The molecule has 0 radical (unpaired) electrons. The normalized spacial score (nSPS) is 14.7. The molecule has 0 saturated heterocycles. The quantitative estimate of drug-likeness (QED) is 0.0167. The van der Waals surface area contributed by atoms with E-state index >= 15 is 0 Å². The summed E-state index contributed by atoms with van der Waals surface area (Å²) < 4.78 is 26.2. The summed E-state index contributed by atoms with van der Waals surface area (Å²) in [6.07, 6.45) is 39.5. The van der Waals surface area contributed by atoms with Crippen molar-refractivity contribution < 1.29 is 48.2 Å². The van der Waals surface area contributed by atoms with Crippen LogP contribution in [0.2, 0.25) is 0 Å². The lowest BCUT2D eigenvalue weighted by Gasteiger charge is -2.18. The number of unbranched alkanes of at least 4 members (excludes halogenated alkanes) is 7. The molecule has 4 N–H and O–H groups in total. The van der Waals surface area contributed by atoms with Crippen LogP contribution in [0.4, 0.5) is 0 Å². The summed E-state index contributed by atoms with van der Waals surface area (Å²) in [5.74, 6) is -1.14. The molecule has 0 unspecified atom stereocenters. The molecule has 10 nitrogen and oxygen atoms in total. The third kappa shape index (κ3) is 36.9. The molecule has 0 rings (SSSR count). The standard InChI is InChI=1S/C41H67O10P/c1-3-5-7-8-9-10-11-12-13-14-15-16-20-23-27-33-41(45)51-39(36-50-52(46,47)48)35-49-40(44)34-28-32-38(43)31-26-22-19-17-18-21-25-30-37(42)29-24-6-4-2/h5,7,9-10,12-13,18-19,21-22,25-26,30-31,37-39,42-43H,3-4,6,8,11,14-17,20,23-24,27-29,32-36H2,1-2H3,(H2,46,47,48)/b7-5-,10-9-,13-12-,21-18-,22-19-,30-25+,31-26+/t37-,38-,39+/m0/s1. The highest BCUT2D eigenvalue weighted by atomic mass is 31.2. The van der Waals surface area contributed by atoms with Crippen LogP contribution in [0.25, 0.3) is 0 Å². The molecular weight excluding hydrogens is 683 g/mol. The van der Waals surface area contributed by atoms with Crippen molar-refractivity contribution in [2.24, 2.45) is 0 Å². The van der Waals surface area contributed by atoms with Gasteiger partial charge in [0.2, 0.25) is 0 Å². The second kappa shape index (κ2) is 35.2. The molecule has 296 valence electrons. The van der Waals surface area contributed by atoms with E-state index in [0.29, 0.717) is 25.7 Å². The number of carbonyl (C=O) groups excluding carboxylic acids is 2. The predicted octanol–water partition coefficient (Wildman–Crippen LogP) is 9.23. The van der Waals surface area contributed by atoms with Gasteiger partial charge in [-0.1, -0.05) is 137 Å². The molecular formula is C41H67O10P. The van der Waals surface area contributed by atoms with Gasteiger partial charge in [-0.05, 0) is 64.2 Å². The van der Waals surface area contributed by atoms with Crippen LogP contribution in [0, 0.1) is 0 Å². The molecule has 0 heterocycles. The van der Waals surface area contributed by atoms with E-state index in [-0.39, 0.29) is 12.8 Å². The number of phosphoric ester groups is 1. The van der Waals surface area contributed by atoms with Gasteiger partial charge in [-0.25, -0.2) is 4.57 Å². The number of hydrogen-bond acceptors (Lipinski definition) is 8. The Balaban J connectivity index is 4.26. The van der Waals surface area contributed by atoms with E-state index in [1.165, 1.54) is 0 Å². The van der Waals surface area contributed by atoms with Gasteiger partial charge in [0.1, 0.15) is 6.61 Å². The molecule has 0 aliphatic carbocycles. The molecule has 0 amide bonds. The van der Waals surface area contributed by atoms with Crippen LogP contribution in [-0.4, -0.2) is 63.5 Å². The maximum Gasteiger partial charge on any atom is 0.469 e. The Bertz CT molecular complexity index is 1150. The lowest BCUT2D eigenvalue weighted by atomic mass is 10.1. The van der Waals surface area contributed by atoms with Crippen LogP contribution in [0.3, 0.4) is 0 Å². The van der Waals surface area contributed by atoms with E-state index in [4.69, 9.17) is 19.3 Å². The molecule has 0 aromatic heterocycles. The van der Waals surface area contributed by atoms with Gasteiger partial charge in [0.25, 0.3) is 0 Å². The maximum absolute atomic E-state index is 12.4. The molecule has 3 atom stereocenters. The first-order valence-corrected chi connectivity index (χ1v) is 20.6. The average molecular weight is 751 g/mol. The number of esters is 2. The fraction of sp³-hybridized carbons (Fsp3) is 0.610. The second-order valence-corrected chi connectivity index (χ2v) is 13.8. The monoisotopic (exact) mass is 750 g/mol. The minimum absolute atomic E-state index is 0.0101. The lowest BCUT2D eigenvalue weighted by molar-refractivity contribution is -0.161. The molecule has 52 heavy (non-hydrogen) atoms. The van der Waals surface area contributed by atoms with Crippen molar-refractivity contribution in [3.8, 4) is 0 Å². The van der Waals surface area contributed by atoms with Crippen LogP contribution in [0.5, 0.6) is 0 Å². The van der Waals surface area contributed by atoms with Gasteiger partial charge in [-0.15, -0.1) is 0 Å². The van der Waals surface area contributed by atoms with Crippen molar-refractivity contribution in [1.82, 2.24) is 0 Å². The SMILES string of the molecule is CC/C=C\C/C=C\C/C=C\CCCCCCCC(=O)O[C@H](COC(=O)CCC[C@@H](O)/C=C/C=C\C/C=C\C=C\[C@@H](O)CCCCC)COP(=O)(O)O. The van der Waals surface area contributed by atoms with Crippen LogP contribution in [0.1, 0.15) is 129 Å². The third-order valence-electron chi connectivity index (χ3n) is 7.61. The van der Waals surface area contributed by atoms with Crippen LogP contribution in [0.15, 0.2) is 85.1 Å². The zero-order chi connectivity index (χ0) is 38.5. The van der Waals surface area contributed by atoms with Crippen LogP contribution in [-0.2, 0) is 28.2 Å². The van der Waals surface area contributed by atoms with Gasteiger partial charge in [0.15, 0.2) is 6.10 Å². The molecule has 0 bridgehead atoms. The van der Waals surface area contributed by atoms with Gasteiger partial charge in [-0.2, -0.15) is 0 Å². The number of aliphatic hydroxyl groups excluding tert-OH is 2. The topological polar surface area (TPSA) is 160 Å². The smallest absolute Gasteiger partial charge is 0.462 e. The number of hydrogen-bond donors (Lipinski definition) is 4. The molecule has 0 saturated carbocycles. The van der Waals surface area contributed by atoms with E-state index in [0.717, 1.165) is 77.0 Å². The number of carbonyl (C=O) groups is 2. The Kier molecular flexibility index (Phi) is 33.3. The molecule has 0 aromatic rings. The van der Waals surface area contributed by atoms with Crippen molar-refractivity contribution >= 4 is 19.8 Å². The summed E-state index contributed by atoms with van der Waals surface area (Å²) in [5, 5.41) is 20.0. The third-order valence-corrected chi connectivity index (χ3v) is 8.09. The molecule has 0 aliphatic heterocycles. The highest BCUT2D eigenvalue weighted by Crippen LogP contribution is 2.36. The van der Waals surface area contributed by atoms with Gasteiger partial charge in [0.05, 0.1) is 18.8 Å². The molecule has 0 aliphatic rings. The first-order chi connectivity index (χ1) is 25.1. The lowest BCUT2D eigenvalue weighted by Crippen LogP contribution is -2.29. The van der Waals surface area contributed by atoms with E-state index < -0.39 is 51.3 Å². The summed E-state index contributed by atoms with van der Waals surface area (Å²) in [4.78, 5) is 42.7. The highest BCUT2D eigenvalue weighted by molar-refractivity contribution is 7.46. The summed E-state index contributed by atoms with van der Waals surface area (Å²) in [6.45, 7) is 3.24. The number of allylic oxidation sites excluding steroid dienone is 12. The summed E-state index contributed by atoms with van der Waals surface area (Å²) >= 11 is 0. The van der Waals surface area contributed by atoms with Gasteiger partial charge < -0.3 is 29.5 Å². The summed E-state index contributed by atoms with van der Waals surface area (Å²) in [5.41, 5.74) is 0. The van der Waals surface area contributed by atoms with Crippen molar-refractivity contribution in [1.29, 1.82) is 0 Å². The second-order valence-electron chi connectivity index (χ2n) is 12.6. The van der Waals surface area contributed by atoms with E-state index in [1.807, 2.05) is 30.4 Å². The Labute approximate surface area is 313 Å². The highest BCUT2D eigenvalue weighted by Gasteiger charge is 2.23. The zero-order valence-electron chi connectivity index (χ0n) is 31.6. The predicted molar refractivity (Wildman–Crippen MR) is 209 cm³/mol. The van der Waals surface area contributed by atoms with Crippen molar-refractivity contribution in [3.63, 3.8) is 0 Å². The number of aliphatic hydroxyl groups is 2. The number of ether oxygens (including phenoxy) is 2. The van der Waals surface area contributed by atoms with Gasteiger partial charge in [0, 0.05) is 12.8 Å².